The number of carbonyl (C=O) groups is 3. The summed E-state index contributed by atoms with van der Waals surface area (Å²) in [4.78, 5) is 37.7. The highest BCUT2D eigenvalue weighted by Gasteiger charge is 2.33. The van der Waals surface area contributed by atoms with Crippen LogP contribution in [-0.4, -0.2) is 60.6 Å². The SMILES string of the molecule is CCOC(=O)CC1C(=O)NCCN1C(=S)NC(=O)C=Cc1ccccc1OC. The van der Waals surface area contributed by atoms with Crippen LogP contribution in [0, 0.1) is 0 Å². The smallest absolute Gasteiger partial charge is 0.308 e. The number of piperazine rings is 1. The zero-order valence-electron chi connectivity index (χ0n) is 15.8. The molecule has 150 valence electrons. The first-order valence-electron chi connectivity index (χ1n) is 8.82. The molecule has 2 N–H and O–H groups in total. The summed E-state index contributed by atoms with van der Waals surface area (Å²) in [6, 6.07) is 6.44. The third-order valence-electron chi connectivity index (χ3n) is 4.04. The minimum absolute atomic E-state index is 0.0822. The van der Waals surface area contributed by atoms with E-state index < -0.39 is 17.9 Å². The van der Waals surface area contributed by atoms with Crippen LogP contribution >= 0.6 is 12.2 Å². The summed E-state index contributed by atoms with van der Waals surface area (Å²) in [6.45, 7) is 2.66. The van der Waals surface area contributed by atoms with Crippen molar-refractivity contribution in [2.75, 3.05) is 26.8 Å². The molecule has 1 aliphatic rings. The summed E-state index contributed by atoms with van der Waals surface area (Å²) >= 11 is 5.28. The van der Waals surface area contributed by atoms with Gasteiger partial charge in [-0.25, -0.2) is 0 Å². The third-order valence-corrected chi connectivity index (χ3v) is 4.38. The second-order valence-corrected chi connectivity index (χ2v) is 6.27. The Morgan fingerprint density at radius 2 is 2.14 bits per heavy atom. The summed E-state index contributed by atoms with van der Waals surface area (Å²) in [5, 5.41) is 5.34. The van der Waals surface area contributed by atoms with Gasteiger partial charge in [0, 0.05) is 24.7 Å². The highest BCUT2D eigenvalue weighted by atomic mass is 32.1. The minimum atomic E-state index is -0.821. The summed E-state index contributed by atoms with van der Waals surface area (Å²) < 4.78 is 10.1. The van der Waals surface area contributed by atoms with Gasteiger partial charge in [-0.05, 0) is 31.3 Å². The van der Waals surface area contributed by atoms with Gasteiger partial charge in [0.2, 0.25) is 11.8 Å². The summed E-state index contributed by atoms with van der Waals surface area (Å²) in [7, 11) is 1.55. The van der Waals surface area contributed by atoms with Crippen molar-refractivity contribution in [3.63, 3.8) is 0 Å². The van der Waals surface area contributed by atoms with Gasteiger partial charge in [-0.1, -0.05) is 18.2 Å². The first-order chi connectivity index (χ1) is 13.5. The maximum absolute atomic E-state index is 12.2. The fourth-order valence-corrected chi connectivity index (χ4v) is 3.05. The van der Waals surface area contributed by atoms with E-state index in [9.17, 15) is 14.4 Å². The molecule has 1 aliphatic heterocycles. The molecular weight excluding hydrogens is 382 g/mol. The van der Waals surface area contributed by atoms with Crippen molar-refractivity contribution < 1.29 is 23.9 Å². The van der Waals surface area contributed by atoms with E-state index in [1.54, 1.807) is 26.2 Å². The molecule has 28 heavy (non-hydrogen) atoms. The number of methoxy groups -OCH3 is 1. The zero-order valence-corrected chi connectivity index (χ0v) is 16.6. The van der Waals surface area contributed by atoms with Crippen molar-refractivity contribution in [1.29, 1.82) is 0 Å². The van der Waals surface area contributed by atoms with Gasteiger partial charge in [0.25, 0.3) is 0 Å². The topological polar surface area (TPSA) is 97.0 Å². The normalized spacial score (nSPS) is 16.4. The van der Waals surface area contributed by atoms with Crippen LogP contribution in [0.5, 0.6) is 5.75 Å². The van der Waals surface area contributed by atoms with E-state index in [4.69, 9.17) is 21.7 Å². The van der Waals surface area contributed by atoms with Crippen LogP contribution in [0.2, 0.25) is 0 Å². The number of thiocarbonyl (C=S) groups is 1. The molecule has 1 fully saturated rings. The highest BCUT2D eigenvalue weighted by molar-refractivity contribution is 7.80. The van der Waals surface area contributed by atoms with E-state index in [0.29, 0.717) is 18.8 Å². The molecule has 1 atom stereocenters. The first kappa shape index (κ1) is 21.4. The van der Waals surface area contributed by atoms with Crippen molar-refractivity contribution in [2.45, 2.75) is 19.4 Å². The lowest BCUT2D eigenvalue weighted by atomic mass is 10.1. The van der Waals surface area contributed by atoms with E-state index >= 15 is 0 Å². The van der Waals surface area contributed by atoms with Crippen LogP contribution < -0.4 is 15.4 Å². The average molecular weight is 405 g/mol. The Morgan fingerprint density at radius 3 is 2.86 bits per heavy atom. The van der Waals surface area contributed by atoms with E-state index in [1.807, 2.05) is 18.2 Å². The van der Waals surface area contributed by atoms with Gasteiger partial charge >= 0.3 is 5.97 Å². The molecule has 0 spiro atoms. The van der Waals surface area contributed by atoms with Gasteiger partial charge in [0.05, 0.1) is 20.1 Å². The Hall–Kier alpha value is -2.94. The molecule has 9 heteroatoms. The average Bonchev–Trinajstić information content (AvgIpc) is 2.68. The Kier molecular flexibility index (Phi) is 7.94. The Morgan fingerprint density at radius 1 is 1.39 bits per heavy atom. The number of esters is 1. The van der Waals surface area contributed by atoms with Crippen LogP contribution in [0.3, 0.4) is 0 Å². The van der Waals surface area contributed by atoms with Crippen molar-refractivity contribution in [3.8, 4) is 5.75 Å². The van der Waals surface area contributed by atoms with Crippen LogP contribution in [0.4, 0.5) is 0 Å². The van der Waals surface area contributed by atoms with E-state index in [0.717, 1.165) is 5.56 Å². The van der Waals surface area contributed by atoms with Gasteiger partial charge in [0.15, 0.2) is 5.11 Å². The highest BCUT2D eigenvalue weighted by Crippen LogP contribution is 2.18. The number of hydrogen-bond donors (Lipinski definition) is 2. The Balaban J connectivity index is 2.02. The predicted octanol–water partition coefficient (Wildman–Crippen LogP) is 0.863. The van der Waals surface area contributed by atoms with Crippen molar-refractivity contribution >= 4 is 41.2 Å². The molecule has 0 radical (unpaired) electrons. The number of nitrogens with one attached hydrogen (secondary N) is 2. The molecule has 0 aromatic heterocycles. The molecule has 1 saturated heterocycles. The van der Waals surface area contributed by atoms with Crippen LogP contribution in [-0.2, 0) is 19.1 Å². The predicted molar refractivity (Wildman–Crippen MR) is 108 cm³/mol. The summed E-state index contributed by atoms with van der Waals surface area (Å²) in [6.07, 6.45) is 2.79. The molecule has 1 unspecified atom stereocenters. The number of ether oxygens (including phenoxy) is 2. The summed E-state index contributed by atoms with van der Waals surface area (Å²) in [5.41, 5.74) is 0.739. The van der Waals surface area contributed by atoms with Gasteiger partial charge in [-0.15, -0.1) is 0 Å². The maximum atomic E-state index is 12.2. The van der Waals surface area contributed by atoms with Crippen LogP contribution in [0.25, 0.3) is 6.08 Å². The lowest BCUT2D eigenvalue weighted by molar-refractivity contribution is -0.147. The maximum Gasteiger partial charge on any atom is 0.308 e. The molecule has 1 heterocycles. The molecule has 1 aromatic carbocycles. The number of nitrogens with zero attached hydrogens (tertiary/aromatic N) is 1. The number of carbonyl (C=O) groups excluding carboxylic acids is 3. The van der Waals surface area contributed by atoms with Gasteiger partial charge in [-0.3, -0.25) is 19.7 Å². The Bertz CT molecular complexity index is 781. The van der Waals surface area contributed by atoms with Gasteiger partial charge in [-0.2, -0.15) is 0 Å². The molecule has 0 saturated carbocycles. The second kappa shape index (κ2) is 10.4. The van der Waals surface area contributed by atoms with Gasteiger partial charge in [0.1, 0.15) is 11.8 Å². The lowest BCUT2D eigenvalue weighted by Gasteiger charge is -2.36. The standard InChI is InChI=1S/C19H23N3O5S/c1-3-27-17(24)12-14-18(25)20-10-11-22(14)19(28)21-16(23)9-8-13-6-4-5-7-15(13)26-2/h4-9,14H,3,10-12H2,1-2H3,(H,20,25)(H,21,23,28). The second-order valence-electron chi connectivity index (χ2n) is 5.88. The molecule has 0 aliphatic carbocycles. The Labute approximate surface area is 168 Å². The largest absolute Gasteiger partial charge is 0.496 e. The number of benzene rings is 1. The minimum Gasteiger partial charge on any atom is -0.496 e. The van der Waals surface area contributed by atoms with E-state index in [-0.39, 0.29) is 24.0 Å². The monoisotopic (exact) mass is 405 g/mol. The fourth-order valence-electron chi connectivity index (χ4n) is 2.73. The van der Waals surface area contributed by atoms with Crippen LogP contribution in [0.15, 0.2) is 30.3 Å². The number of hydrogen-bond acceptors (Lipinski definition) is 6. The van der Waals surface area contributed by atoms with E-state index in [2.05, 4.69) is 10.6 Å². The summed E-state index contributed by atoms with van der Waals surface area (Å²) in [5.74, 6) is -0.645. The number of para-hydroxylation sites is 1. The van der Waals surface area contributed by atoms with Crippen molar-refractivity contribution in [1.82, 2.24) is 15.5 Å². The van der Waals surface area contributed by atoms with E-state index in [1.165, 1.54) is 11.0 Å². The van der Waals surface area contributed by atoms with Crippen LogP contribution in [0.1, 0.15) is 18.9 Å². The molecule has 8 nitrogen and oxygen atoms in total. The molecule has 2 rings (SSSR count). The van der Waals surface area contributed by atoms with Crippen molar-refractivity contribution in [2.24, 2.45) is 0 Å². The quantitative estimate of drug-likeness (QED) is 0.412. The molecular formula is C19H23N3O5S. The molecule has 0 bridgehead atoms. The van der Waals surface area contributed by atoms with Gasteiger partial charge < -0.3 is 19.7 Å². The first-order valence-corrected chi connectivity index (χ1v) is 9.23. The third kappa shape index (κ3) is 5.78. The zero-order chi connectivity index (χ0) is 20.5. The number of amides is 2. The number of rotatable bonds is 6. The lowest BCUT2D eigenvalue weighted by Crippen LogP contribution is -2.60. The molecule has 1 aromatic rings. The van der Waals surface area contributed by atoms with Crippen molar-refractivity contribution in [3.05, 3.63) is 35.9 Å². The fraction of sp³-hybridized carbons (Fsp3) is 0.368. The molecule has 2 amide bonds.